The van der Waals surface area contributed by atoms with Crippen molar-refractivity contribution in [1.82, 2.24) is 5.32 Å². The van der Waals surface area contributed by atoms with Crippen molar-refractivity contribution < 1.29 is 14.7 Å². The van der Waals surface area contributed by atoms with Gasteiger partial charge in [0.2, 0.25) is 5.91 Å². The number of rotatable bonds is 5. The molecule has 1 amide bonds. The van der Waals surface area contributed by atoms with Crippen LogP contribution in [0, 0.1) is 0 Å². The summed E-state index contributed by atoms with van der Waals surface area (Å²) in [4.78, 5) is 24.2. The molecular formula is C12H15ClN2O3. The second-order valence-corrected chi connectivity index (χ2v) is 4.04. The molecule has 0 aromatic heterocycles. The number of hydrogen-bond donors (Lipinski definition) is 2. The number of nitrogens with one attached hydrogen (secondary N) is 1. The molecule has 0 aliphatic carbocycles. The van der Waals surface area contributed by atoms with Crippen LogP contribution in [0.4, 0.5) is 5.69 Å². The number of halogens is 1. The lowest BCUT2D eigenvalue weighted by Gasteiger charge is -2.24. The molecule has 1 rings (SSSR count). The molecule has 0 spiro atoms. The van der Waals surface area contributed by atoms with Crippen molar-refractivity contribution in [3.05, 3.63) is 28.8 Å². The second-order valence-electron chi connectivity index (χ2n) is 3.63. The highest BCUT2D eigenvalue weighted by atomic mass is 35.5. The van der Waals surface area contributed by atoms with Gasteiger partial charge >= 0.3 is 5.97 Å². The Morgan fingerprint density at radius 3 is 2.61 bits per heavy atom. The minimum Gasteiger partial charge on any atom is -0.478 e. The summed E-state index contributed by atoms with van der Waals surface area (Å²) in [7, 11) is 1.53. The van der Waals surface area contributed by atoms with E-state index in [1.54, 1.807) is 17.0 Å². The number of carboxylic acid groups (broad SMARTS) is 1. The quantitative estimate of drug-likeness (QED) is 0.853. The Morgan fingerprint density at radius 2 is 2.11 bits per heavy atom. The molecule has 1 aromatic rings. The standard InChI is InChI=1S/C12H15ClN2O3/c1-3-15(7-10(16)14-2)11-8(12(17)18)5-4-6-9(11)13/h4-6H,3,7H2,1-2H3,(H,14,16)(H,17,18). The van der Waals surface area contributed by atoms with Crippen LogP contribution in [0.25, 0.3) is 0 Å². The van der Waals surface area contributed by atoms with Crippen molar-refractivity contribution in [2.45, 2.75) is 6.92 Å². The first-order valence-electron chi connectivity index (χ1n) is 5.48. The third kappa shape index (κ3) is 3.13. The van der Waals surface area contributed by atoms with Crippen LogP contribution < -0.4 is 10.2 Å². The number of para-hydroxylation sites is 1. The lowest BCUT2D eigenvalue weighted by Crippen LogP contribution is -2.36. The number of likely N-dealkylation sites (N-methyl/N-ethyl adjacent to an activating group) is 2. The molecule has 0 bridgehead atoms. The van der Waals surface area contributed by atoms with Crippen LogP contribution in [-0.2, 0) is 4.79 Å². The van der Waals surface area contributed by atoms with E-state index in [-0.39, 0.29) is 18.0 Å². The minimum absolute atomic E-state index is 0.0665. The topological polar surface area (TPSA) is 69.6 Å². The predicted octanol–water partition coefficient (Wildman–Crippen LogP) is 1.61. The molecule has 0 heterocycles. The van der Waals surface area contributed by atoms with Gasteiger partial charge in [0.15, 0.2) is 0 Å². The molecule has 0 unspecified atom stereocenters. The maximum absolute atomic E-state index is 11.4. The number of carboxylic acids is 1. The Kier molecular flexibility index (Phi) is 4.97. The van der Waals surface area contributed by atoms with Crippen LogP contribution in [0.2, 0.25) is 5.02 Å². The molecule has 98 valence electrons. The Morgan fingerprint density at radius 1 is 1.44 bits per heavy atom. The van der Waals surface area contributed by atoms with Crippen LogP contribution >= 0.6 is 11.6 Å². The van der Waals surface area contributed by atoms with E-state index in [9.17, 15) is 9.59 Å². The molecule has 0 aliphatic rings. The zero-order valence-electron chi connectivity index (χ0n) is 10.2. The van der Waals surface area contributed by atoms with Crippen molar-refractivity contribution in [3.8, 4) is 0 Å². The summed E-state index contributed by atoms with van der Waals surface area (Å²) in [6, 6.07) is 4.65. The van der Waals surface area contributed by atoms with E-state index >= 15 is 0 Å². The van der Waals surface area contributed by atoms with E-state index in [4.69, 9.17) is 16.7 Å². The molecule has 5 nitrogen and oxygen atoms in total. The average Bonchev–Trinajstić information content (AvgIpc) is 2.35. The zero-order chi connectivity index (χ0) is 13.7. The van der Waals surface area contributed by atoms with Gasteiger partial charge in [-0.2, -0.15) is 0 Å². The van der Waals surface area contributed by atoms with Gasteiger partial charge in [-0.15, -0.1) is 0 Å². The maximum atomic E-state index is 11.4. The van der Waals surface area contributed by atoms with Gasteiger partial charge in [0, 0.05) is 13.6 Å². The number of hydrogen-bond acceptors (Lipinski definition) is 3. The summed E-state index contributed by atoms with van der Waals surface area (Å²) >= 11 is 6.04. The molecule has 0 fully saturated rings. The average molecular weight is 271 g/mol. The first kappa shape index (κ1) is 14.3. The first-order chi connectivity index (χ1) is 8.51. The van der Waals surface area contributed by atoms with Crippen LogP contribution in [0.1, 0.15) is 17.3 Å². The summed E-state index contributed by atoms with van der Waals surface area (Å²) < 4.78 is 0. The van der Waals surface area contributed by atoms with E-state index in [1.165, 1.54) is 13.1 Å². The van der Waals surface area contributed by atoms with E-state index in [2.05, 4.69) is 5.32 Å². The van der Waals surface area contributed by atoms with Crippen LogP contribution in [0.5, 0.6) is 0 Å². The lowest BCUT2D eigenvalue weighted by molar-refractivity contribution is -0.119. The highest BCUT2D eigenvalue weighted by molar-refractivity contribution is 6.34. The molecular weight excluding hydrogens is 256 g/mol. The smallest absolute Gasteiger partial charge is 0.337 e. The number of nitrogens with zero attached hydrogens (tertiary/aromatic N) is 1. The highest BCUT2D eigenvalue weighted by Crippen LogP contribution is 2.29. The van der Waals surface area contributed by atoms with Crippen molar-refractivity contribution in [2.75, 3.05) is 25.0 Å². The van der Waals surface area contributed by atoms with Gasteiger partial charge in [0.1, 0.15) is 0 Å². The Bertz CT molecular complexity index is 463. The molecule has 6 heteroatoms. The molecule has 0 aliphatic heterocycles. The summed E-state index contributed by atoms with van der Waals surface area (Å²) in [6.45, 7) is 2.38. The Balaban J connectivity index is 3.19. The van der Waals surface area contributed by atoms with E-state index in [1.807, 2.05) is 6.92 Å². The number of carbonyl (C=O) groups is 2. The summed E-state index contributed by atoms with van der Waals surface area (Å²) in [5.41, 5.74) is 0.464. The van der Waals surface area contributed by atoms with Crippen LogP contribution in [-0.4, -0.2) is 37.1 Å². The molecule has 0 saturated carbocycles. The fourth-order valence-corrected chi connectivity index (χ4v) is 1.90. The highest BCUT2D eigenvalue weighted by Gasteiger charge is 2.19. The molecule has 0 saturated heterocycles. The first-order valence-corrected chi connectivity index (χ1v) is 5.86. The number of carbonyl (C=O) groups excluding carboxylic acids is 1. The van der Waals surface area contributed by atoms with E-state index < -0.39 is 5.97 Å². The molecule has 0 atom stereocenters. The maximum Gasteiger partial charge on any atom is 0.337 e. The van der Waals surface area contributed by atoms with Gasteiger partial charge in [-0.25, -0.2) is 4.79 Å². The Hall–Kier alpha value is -1.75. The van der Waals surface area contributed by atoms with Gasteiger partial charge < -0.3 is 15.3 Å². The normalized spacial score (nSPS) is 9.94. The van der Waals surface area contributed by atoms with Crippen molar-refractivity contribution in [3.63, 3.8) is 0 Å². The SMILES string of the molecule is CCN(CC(=O)NC)c1c(Cl)cccc1C(=O)O. The monoisotopic (exact) mass is 270 g/mol. The third-order valence-electron chi connectivity index (χ3n) is 2.53. The number of aromatic carboxylic acids is 1. The van der Waals surface area contributed by atoms with E-state index in [0.717, 1.165) is 0 Å². The fraction of sp³-hybridized carbons (Fsp3) is 0.333. The molecule has 2 N–H and O–H groups in total. The number of amides is 1. The van der Waals surface area contributed by atoms with Crippen molar-refractivity contribution in [1.29, 1.82) is 0 Å². The van der Waals surface area contributed by atoms with Gasteiger partial charge in [-0.05, 0) is 19.1 Å². The largest absolute Gasteiger partial charge is 0.478 e. The minimum atomic E-state index is -1.07. The van der Waals surface area contributed by atoms with Crippen molar-refractivity contribution >= 4 is 29.2 Å². The number of anilines is 1. The van der Waals surface area contributed by atoms with Crippen molar-refractivity contribution in [2.24, 2.45) is 0 Å². The van der Waals surface area contributed by atoms with Crippen LogP contribution in [0.15, 0.2) is 18.2 Å². The Labute approximate surface area is 110 Å². The predicted molar refractivity (Wildman–Crippen MR) is 70.4 cm³/mol. The summed E-state index contributed by atoms with van der Waals surface area (Å²) in [6.07, 6.45) is 0. The molecule has 18 heavy (non-hydrogen) atoms. The third-order valence-corrected chi connectivity index (χ3v) is 2.83. The fourth-order valence-electron chi connectivity index (χ4n) is 1.61. The van der Waals surface area contributed by atoms with Crippen LogP contribution in [0.3, 0.4) is 0 Å². The zero-order valence-corrected chi connectivity index (χ0v) is 11.0. The molecule has 0 radical (unpaired) electrons. The van der Waals surface area contributed by atoms with Gasteiger partial charge in [0.25, 0.3) is 0 Å². The van der Waals surface area contributed by atoms with E-state index in [0.29, 0.717) is 17.3 Å². The summed E-state index contributed by atoms with van der Waals surface area (Å²) in [5, 5.41) is 12.0. The summed E-state index contributed by atoms with van der Waals surface area (Å²) in [5.74, 6) is -1.27. The second kappa shape index (κ2) is 6.26. The van der Waals surface area contributed by atoms with Gasteiger partial charge in [-0.1, -0.05) is 17.7 Å². The molecule has 1 aromatic carbocycles. The lowest BCUT2D eigenvalue weighted by atomic mass is 10.1. The number of benzene rings is 1. The van der Waals surface area contributed by atoms with Gasteiger partial charge in [0.05, 0.1) is 22.8 Å². The van der Waals surface area contributed by atoms with Gasteiger partial charge in [-0.3, -0.25) is 4.79 Å².